The van der Waals surface area contributed by atoms with E-state index in [1.807, 2.05) is 4.90 Å². The fourth-order valence-corrected chi connectivity index (χ4v) is 5.58. The maximum absolute atomic E-state index is 12.8. The summed E-state index contributed by atoms with van der Waals surface area (Å²) >= 11 is 0. The number of anilines is 1. The number of H-pyrrole nitrogens is 1. The SMILES string of the molecule is O=C(CC1CCCOC1)N1CCC2(CCc3c2nc(N2CCOCC2)[nH]c3=O)CC1. The first kappa shape index (κ1) is 20.0. The summed E-state index contributed by atoms with van der Waals surface area (Å²) in [6.45, 7) is 5.89. The second-order valence-electron chi connectivity index (χ2n) is 9.26. The number of rotatable bonds is 3. The van der Waals surface area contributed by atoms with Crippen LogP contribution >= 0.6 is 0 Å². The second-order valence-corrected chi connectivity index (χ2v) is 9.26. The third kappa shape index (κ3) is 3.75. The van der Waals surface area contributed by atoms with Gasteiger partial charge in [0.15, 0.2) is 0 Å². The lowest BCUT2D eigenvalue weighted by atomic mass is 9.76. The summed E-state index contributed by atoms with van der Waals surface area (Å²) in [7, 11) is 0. The van der Waals surface area contributed by atoms with Gasteiger partial charge in [-0.1, -0.05) is 0 Å². The number of amides is 1. The smallest absolute Gasteiger partial charge is 0.255 e. The van der Waals surface area contributed by atoms with E-state index in [2.05, 4.69) is 9.88 Å². The molecule has 1 aliphatic carbocycles. The molecule has 0 saturated carbocycles. The molecule has 1 amide bonds. The van der Waals surface area contributed by atoms with Crippen LogP contribution < -0.4 is 10.5 Å². The molecule has 3 aliphatic heterocycles. The molecule has 3 saturated heterocycles. The van der Waals surface area contributed by atoms with E-state index in [0.717, 1.165) is 82.6 Å². The van der Waals surface area contributed by atoms with Crippen LogP contribution in [0.25, 0.3) is 0 Å². The molecule has 1 spiro atoms. The quantitative estimate of drug-likeness (QED) is 0.798. The summed E-state index contributed by atoms with van der Waals surface area (Å²) in [6.07, 6.45) is 6.29. The standard InChI is InChI=1S/C22H32N4O4/c27-18(14-16-2-1-11-30-15-16)25-7-5-22(6-8-25)4-3-17-19(22)23-21(24-20(17)28)26-9-12-29-13-10-26/h16H,1-15H2,(H,23,24,28). The van der Waals surface area contributed by atoms with Crippen LogP contribution in [0.3, 0.4) is 0 Å². The van der Waals surface area contributed by atoms with Gasteiger partial charge in [0.05, 0.1) is 18.9 Å². The summed E-state index contributed by atoms with van der Waals surface area (Å²) in [5.41, 5.74) is 1.79. The summed E-state index contributed by atoms with van der Waals surface area (Å²) in [6, 6.07) is 0. The molecule has 8 nitrogen and oxygen atoms in total. The van der Waals surface area contributed by atoms with Crippen LogP contribution in [0, 0.1) is 5.92 Å². The molecular weight excluding hydrogens is 384 g/mol. The van der Waals surface area contributed by atoms with Crippen molar-refractivity contribution < 1.29 is 14.3 Å². The molecule has 5 rings (SSSR count). The lowest BCUT2D eigenvalue weighted by molar-refractivity contribution is -0.135. The Bertz CT molecular complexity index is 834. The third-order valence-corrected chi connectivity index (χ3v) is 7.46. The minimum absolute atomic E-state index is 0.00849. The number of ether oxygens (including phenoxy) is 2. The summed E-state index contributed by atoms with van der Waals surface area (Å²) in [4.78, 5) is 37.7. The topological polar surface area (TPSA) is 87.8 Å². The zero-order chi connectivity index (χ0) is 20.6. The van der Waals surface area contributed by atoms with Crippen molar-refractivity contribution in [1.29, 1.82) is 0 Å². The Labute approximate surface area is 176 Å². The highest BCUT2D eigenvalue weighted by molar-refractivity contribution is 5.76. The van der Waals surface area contributed by atoms with Gasteiger partial charge in [-0.25, -0.2) is 4.98 Å². The Kier molecular flexibility index (Phi) is 5.54. The van der Waals surface area contributed by atoms with Crippen molar-refractivity contribution in [2.45, 2.75) is 50.4 Å². The predicted molar refractivity (Wildman–Crippen MR) is 112 cm³/mol. The number of piperidine rings is 1. The number of hydrogen-bond donors (Lipinski definition) is 1. The normalized spacial score (nSPS) is 26.1. The molecule has 1 atom stereocenters. The average molecular weight is 417 g/mol. The fraction of sp³-hybridized carbons (Fsp3) is 0.773. The molecule has 1 aromatic heterocycles. The van der Waals surface area contributed by atoms with E-state index in [1.54, 1.807) is 0 Å². The van der Waals surface area contributed by atoms with Crippen LogP contribution in [0.1, 0.15) is 49.8 Å². The van der Waals surface area contributed by atoms with E-state index >= 15 is 0 Å². The minimum atomic E-state index is -0.0602. The van der Waals surface area contributed by atoms with E-state index in [-0.39, 0.29) is 16.9 Å². The molecule has 4 aliphatic rings. The van der Waals surface area contributed by atoms with Gasteiger partial charge in [-0.15, -0.1) is 0 Å². The molecule has 1 aromatic rings. The van der Waals surface area contributed by atoms with Crippen molar-refractivity contribution in [3.05, 3.63) is 21.6 Å². The number of nitrogens with one attached hydrogen (secondary N) is 1. The molecule has 3 fully saturated rings. The van der Waals surface area contributed by atoms with Gasteiger partial charge in [0.25, 0.3) is 5.56 Å². The number of nitrogens with zero attached hydrogens (tertiary/aromatic N) is 3. The number of carbonyl (C=O) groups excluding carboxylic acids is 1. The third-order valence-electron chi connectivity index (χ3n) is 7.46. The molecule has 30 heavy (non-hydrogen) atoms. The molecule has 4 heterocycles. The van der Waals surface area contributed by atoms with Gasteiger partial charge in [-0.3, -0.25) is 14.6 Å². The van der Waals surface area contributed by atoms with Crippen LogP contribution in [0.2, 0.25) is 0 Å². The number of aromatic nitrogens is 2. The first-order valence-corrected chi connectivity index (χ1v) is 11.5. The number of carbonyl (C=O) groups is 1. The second kappa shape index (κ2) is 8.30. The van der Waals surface area contributed by atoms with E-state index in [1.165, 1.54) is 0 Å². The van der Waals surface area contributed by atoms with Crippen LogP contribution in [-0.4, -0.2) is 73.4 Å². The highest BCUT2D eigenvalue weighted by Gasteiger charge is 2.45. The number of morpholine rings is 1. The number of fused-ring (bicyclic) bond motifs is 2. The maximum Gasteiger partial charge on any atom is 0.255 e. The summed E-state index contributed by atoms with van der Waals surface area (Å²) in [5.74, 6) is 1.30. The lowest BCUT2D eigenvalue weighted by Gasteiger charge is -2.40. The zero-order valence-corrected chi connectivity index (χ0v) is 17.7. The van der Waals surface area contributed by atoms with E-state index in [0.29, 0.717) is 38.1 Å². The Morgan fingerprint density at radius 2 is 1.90 bits per heavy atom. The largest absolute Gasteiger partial charge is 0.381 e. The number of aromatic amines is 1. The van der Waals surface area contributed by atoms with Crippen molar-refractivity contribution in [1.82, 2.24) is 14.9 Å². The van der Waals surface area contributed by atoms with Gasteiger partial charge in [-0.2, -0.15) is 0 Å². The Hall–Kier alpha value is -1.93. The Morgan fingerprint density at radius 1 is 1.10 bits per heavy atom. The van der Waals surface area contributed by atoms with Gasteiger partial charge < -0.3 is 19.3 Å². The van der Waals surface area contributed by atoms with Gasteiger partial charge in [0.2, 0.25) is 11.9 Å². The lowest BCUT2D eigenvalue weighted by Crippen LogP contribution is -2.46. The Balaban J connectivity index is 1.29. The maximum atomic E-state index is 12.8. The van der Waals surface area contributed by atoms with Crippen molar-refractivity contribution in [3.63, 3.8) is 0 Å². The van der Waals surface area contributed by atoms with Crippen LogP contribution in [-0.2, 0) is 26.1 Å². The number of likely N-dealkylation sites (tertiary alicyclic amines) is 1. The first-order chi connectivity index (χ1) is 14.6. The van der Waals surface area contributed by atoms with Crippen molar-refractivity contribution >= 4 is 11.9 Å². The van der Waals surface area contributed by atoms with E-state index in [9.17, 15) is 9.59 Å². The van der Waals surface area contributed by atoms with Crippen LogP contribution in [0.5, 0.6) is 0 Å². The van der Waals surface area contributed by atoms with Gasteiger partial charge >= 0.3 is 0 Å². The van der Waals surface area contributed by atoms with Crippen molar-refractivity contribution in [2.75, 3.05) is 57.5 Å². The minimum Gasteiger partial charge on any atom is -0.381 e. The van der Waals surface area contributed by atoms with Crippen molar-refractivity contribution in [2.24, 2.45) is 5.92 Å². The molecule has 0 radical (unpaired) electrons. The monoisotopic (exact) mass is 416 g/mol. The van der Waals surface area contributed by atoms with Crippen LogP contribution in [0.4, 0.5) is 5.95 Å². The Morgan fingerprint density at radius 3 is 2.63 bits per heavy atom. The molecule has 0 bridgehead atoms. The average Bonchev–Trinajstić information content (AvgIpc) is 3.14. The zero-order valence-electron chi connectivity index (χ0n) is 17.7. The molecule has 164 valence electrons. The molecular formula is C22H32N4O4. The molecule has 0 aromatic carbocycles. The highest BCUT2D eigenvalue weighted by Crippen LogP contribution is 2.44. The molecule has 8 heteroatoms. The first-order valence-electron chi connectivity index (χ1n) is 11.5. The van der Waals surface area contributed by atoms with Gasteiger partial charge in [-0.05, 0) is 44.4 Å². The van der Waals surface area contributed by atoms with Crippen LogP contribution in [0.15, 0.2) is 4.79 Å². The summed E-state index contributed by atoms with van der Waals surface area (Å²) in [5, 5.41) is 0. The van der Waals surface area contributed by atoms with E-state index < -0.39 is 0 Å². The van der Waals surface area contributed by atoms with Gasteiger partial charge in [0, 0.05) is 56.8 Å². The van der Waals surface area contributed by atoms with E-state index in [4.69, 9.17) is 14.5 Å². The predicted octanol–water partition coefficient (Wildman–Crippen LogP) is 1.23. The highest BCUT2D eigenvalue weighted by atomic mass is 16.5. The molecule has 1 N–H and O–H groups in total. The fourth-order valence-electron chi connectivity index (χ4n) is 5.58. The van der Waals surface area contributed by atoms with Gasteiger partial charge in [0.1, 0.15) is 0 Å². The molecule has 1 unspecified atom stereocenters. The number of hydrogen-bond acceptors (Lipinski definition) is 6. The van der Waals surface area contributed by atoms with Crippen molar-refractivity contribution in [3.8, 4) is 0 Å². The summed E-state index contributed by atoms with van der Waals surface area (Å²) < 4.78 is 11.0.